The first-order chi connectivity index (χ1) is 12.8. The van der Waals surface area contributed by atoms with Crippen LogP contribution in [0.4, 0.5) is 0 Å². The van der Waals surface area contributed by atoms with Crippen LogP contribution in [-0.2, 0) is 0 Å². The maximum atomic E-state index is 13.4. The maximum absolute atomic E-state index is 13.4. The van der Waals surface area contributed by atoms with E-state index in [2.05, 4.69) is 12.0 Å². The van der Waals surface area contributed by atoms with E-state index in [0.717, 1.165) is 37.3 Å². The van der Waals surface area contributed by atoms with E-state index in [4.69, 9.17) is 0 Å². The van der Waals surface area contributed by atoms with Gasteiger partial charge in [-0.1, -0.05) is 25.1 Å². The molecular weight excluding hydrogens is 324 g/mol. The molecule has 1 aliphatic heterocycles. The smallest absolute Gasteiger partial charge is 0.259 e. The highest BCUT2D eigenvalue weighted by atomic mass is 16.2. The number of aromatic nitrogens is 3. The first kappa shape index (κ1) is 16.6. The van der Waals surface area contributed by atoms with Crippen LogP contribution in [0.2, 0.25) is 0 Å². The number of rotatable bonds is 4. The van der Waals surface area contributed by atoms with E-state index in [-0.39, 0.29) is 5.91 Å². The zero-order chi connectivity index (χ0) is 17.9. The number of carbonyl (C=O) groups is 1. The Labute approximate surface area is 153 Å². The minimum atomic E-state index is 0.0856. The highest BCUT2D eigenvalue weighted by molar-refractivity contribution is 5.97. The van der Waals surface area contributed by atoms with Gasteiger partial charge in [-0.3, -0.25) is 4.79 Å². The molecule has 0 spiro atoms. The van der Waals surface area contributed by atoms with Crippen molar-refractivity contribution < 1.29 is 4.79 Å². The van der Waals surface area contributed by atoms with Crippen LogP contribution in [0.1, 0.15) is 43.0 Å². The molecule has 0 saturated carbocycles. The molecule has 1 aromatic carbocycles. The summed E-state index contributed by atoms with van der Waals surface area (Å²) in [5.41, 5.74) is 1.60. The Morgan fingerprint density at radius 3 is 2.62 bits per heavy atom. The van der Waals surface area contributed by atoms with Gasteiger partial charge in [0.05, 0.1) is 11.9 Å². The van der Waals surface area contributed by atoms with E-state index in [1.807, 2.05) is 69.0 Å². The number of carbonyl (C=O) groups excluding carboxylic acids is 1. The second-order valence-corrected chi connectivity index (χ2v) is 6.78. The molecule has 2 aromatic heterocycles. The van der Waals surface area contributed by atoms with E-state index >= 15 is 0 Å². The number of para-hydroxylation sites is 1. The monoisotopic (exact) mass is 348 g/mol. The molecule has 1 saturated heterocycles. The van der Waals surface area contributed by atoms with Crippen molar-refractivity contribution in [3.05, 3.63) is 66.6 Å². The fraction of sp³-hybridized carbons (Fsp3) is 0.333. The van der Waals surface area contributed by atoms with E-state index in [0.29, 0.717) is 11.6 Å². The Morgan fingerprint density at radius 2 is 1.88 bits per heavy atom. The lowest BCUT2D eigenvalue weighted by Crippen LogP contribution is -2.43. The summed E-state index contributed by atoms with van der Waals surface area (Å²) in [6, 6.07) is 14.2. The van der Waals surface area contributed by atoms with E-state index < -0.39 is 0 Å². The fourth-order valence-corrected chi connectivity index (χ4v) is 3.82. The second kappa shape index (κ2) is 7.20. The molecule has 1 aliphatic rings. The van der Waals surface area contributed by atoms with Crippen molar-refractivity contribution in [2.24, 2.45) is 0 Å². The number of likely N-dealkylation sites (tertiary alicyclic amines) is 1. The van der Waals surface area contributed by atoms with Gasteiger partial charge in [-0.05, 0) is 49.9 Å². The molecule has 0 radical (unpaired) electrons. The second-order valence-electron chi connectivity index (χ2n) is 6.78. The van der Waals surface area contributed by atoms with Crippen LogP contribution < -0.4 is 0 Å². The highest BCUT2D eigenvalue weighted by Gasteiger charge is 2.30. The third-order valence-corrected chi connectivity index (χ3v) is 5.18. The highest BCUT2D eigenvalue weighted by Crippen LogP contribution is 2.26. The standard InChI is InChI=1S/C21H24N4O/c1-2-17-10-6-7-15-24(17)21(26)19-16-22-25(18-11-4-3-5-12-18)20(19)23-13-8-9-14-23/h3-5,8-9,11-14,16-17H,2,6-7,10,15H2,1H3/t17-/m1/s1. The molecule has 0 unspecified atom stereocenters. The Kier molecular flexibility index (Phi) is 4.61. The van der Waals surface area contributed by atoms with Crippen LogP contribution in [0.15, 0.2) is 61.1 Å². The summed E-state index contributed by atoms with van der Waals surface area (Å²) in [6.45, 7) is 3.00. The minimum Gasteiger partial charge on any atom is -0.336 e. The SMILES string of the molecule is CC[C@@H]1CCCCN1C(=O)c1cnn(-c2ccccc2)c1-n1cccc1. The molecule has 3 aromatic rings. The zero-order valence-corrected chi connectivity index (χ0v) is 15.1. The van der Waals surface area contributed by atoms with E-state index in [9.17, 15) is 4.79 Å². The van der Waals surface area contributed by atoms with E-state index in [1.54, 1.807) is 6.20 Å². The summed E-state index contributed by atoms with van der Waals surface area (Å²) < 4.78 is 3.82. The number of amides is 1. The van der Waals surface area contributed by atoms with Crippen molar-refractivity contribution in [1.29, 1.82) is 0 Å². The van der Waals surface area contributed by atoms with Crippen LogP contribution in [0.25, 0.3) is 11.5 Å². The first-order valence-corrected chi connectivity index (χ1v) is 9.37. The van der Waals surface area contributed by atoms with Crippen molar-refractivity contribution in [3.8, 4) is 11.5 Å². The van der Waals surface area contributed by atoms with Crippen molar-refractivity contribution in [1.82, 2.24) is 19.2 Å². The number of benzene rings is 1. The molecule has 4 rings (SSSR count). The molecule has 1 fully saturated rings. The van der Waals surface area contributed by atoms with Crippen molar-refractivity contribution in [2.45, 2.75) is 38.6 Å². The Bertz CT molecular complexity index is 867. The van der Waals surface area contributed by atoms with Gasteiger partial charge in [-0.25, -0.2) is 4.68 Å². The molecule has 0 N–H and O–H groups in total. The first-order valence-electron chi connectivity index (χ1n) is 9.37. The maximum Gasteiger partial charge on any atom is 0.259 e. The van der Waals surface area contributed by atoms with Crippen molar-refractivity contribution >= 4 is 5.91 Å². The number of hydrogen-bond acceptors (Lipinski definition) is 2. The van der Waals surface area contributed by atoms with Crippen molar-refractivity contribution in [2.75, 3.05) is 6.54 Å². The van der Waals surface area contributed by atoms with Crippen LogP contribution in [0, 0.1) is 0 Å². The summed E-state index contributed by atoms with van der Waals surface area (Å²) in [5.74, 6) is 0.883. The zero-order valence-electron chi connectivity index (χ0n) is 15.1. The normalized spacial score (nSPS) is 17.4. The van der Waals surface area contributed by atoms with E-state index in [1.165, 1.54) is 6.42 Å². The average Bonchev–Trinajstić information content (AvgIpc) is 3.37. The lowest BCUT2D eigenvalue weighted by molar-refractivity contribution is 0.0608. The molecule has 134 valence electrons. The Morgan fingerprint density at radius 1 is 1.12 bits per heavy atom. The van der Waals surface area contributed by atoms with Gasteiger partial charge in [-0.15, -0.1) is 0 Å². The van der Waals surface area contributed by atoms with Gasteiger partial charge in [0.2, 0.25) is 0 Å². The number of piperidine rings is 1. The predicted molar refractivity (Wildman–Crippen MR) is 102 cm³/mol. The predicted octanol–water partition coefficient (Wildman–Crippen LogP) is 4.07. The average molecular weight is 348 g/mol. The molecule has 0 bridgehead atoms. The third-order valence-electron chi connectivity index (χ3n) is 5.18. The molecular formula is C21H24N4O. The molecule has 1 amide bonds. The topological polar surface area (TPSA) is 43.1 Å². The molecule has 5 heteroatoms. The molecule has 26 heavy (non-hydrogen) atoms. The molecule has 3 heterocycles. The van der Waals surface area contributed by atoms with Crippen LogP contribution in [-0.4, -0.2) is 37.7 Å². The van der Waals surface area contributed by atoms with Gasteiger partial charge in [0.1, 0.15) is 5.56 Å². The summed E-state index contributed by atoms with van der Waals surface area (Å²) in [5, 5.41) is 4.56. The van der Waals surface area contributed by atoms with Gasteiger partial charge in [0.25, 0.3) is 5.91 Å². The van der Waals surface area contributed by atoms with Gasteiger partial charge in [0.15, 0.2) is 5.82 Å². The van der Waals surface area contributed by atoms with Gasteiger partial charge < -0.3 is 9.47 Å². The fourth-order valence-electron chi connectivity index (χ4n) is 3.82. The number of hydrogen-bond donors (Lipinski definition) is 0. The Hall–Kier alpha value is -2.82. The van der Waals surface area contributed by atoms with Crippen LogP contribution in [0.3, 0.4) is 0 Å². The largest absolute Gasteiger partial charge is 0.336 e. The summed E-state index contributed by atoms with van der Waals surface area (Å²) in [4.78, 5) is 15.4. The third kappa shape index (κ3) is 2.94. The van der Waals surface area contributed by atoms with Crippen LogP contribution in [0.5, 0.6) is 0 Å². The number of nitrogens with zero attached hydrogens (tertiary/aromatic N) is 4. The quantitative estimate of drug-likeness (QED) is 0.713. The van der Waals surface area contributed by atoms with Gasteiger partial charge in [-0.2, -0.15) is 5.10 Å². The molecule has 0 aliphatic carbocycles. The summed E-state index contributed by atoms with van der Waals surface area (Å²) >= 11 is 0. The lowest BCUT2D eigenvalue weighted by atomic mass is 9.99. The summed E-state index contributed by atoms with van der Waals surface area (Å²) in [6.07, 6.45) is 10.0. The Balaban J connectivity index is 1.79. The molecule has 1 atom stereocenters. The van der Waals surface area contributed by atoms with Gasteiger partial charge >= 0.3 is 0 Å². The van der Waals surface area contributed by atoms with Crippen LogP contribution >= 0.6 is 0 Å². The summed E-state index contributed by atoms with van der Waals surface area (Å²) in [7, 11) is 0. The van der Waals surface area contributed by atoms with Crippen molar-refractivity contribution in [3.63, 3.8) is 0 Å². The minimum absolute atomic E-state index is 0.0856. The lowest BCUT2D eigenvalue weighted by Gasteiger charge is -2.35. The molecule has 5 nitrogen and oxygen atoms in total. The van der Waals surface area contributed by atoms with Gasteiger partial charge in [0, 0.05) is 25.0 Å².